The molecule has 0 aliphatic rings. The Morgan fingerprint density at radius 3 is 2.94 bits per heavy atom. The van der Waals surface area contributed by atoms with E-state index in [1.807, 2.05) is 36.7 Å². The minimum Gasteiger partial charge on any atom is -0.380 e. The Labute approximate surface area is 99.3 Å². The molecule has 0 fully saturated rings. The van der Waals surface area contributed by atoms with Crippen LogP contribution >= 0.6 is 11.8 Å². The van der Waals surface area contributed by atoms with Gasteiger partial charge in [-0.05, 0) is 12.3 Å². The van der Waals surface area contributed by atoms with Crippen molar-refractivity contribution in [3.63, 3.8) is 0 Å². The van der Waals surface area contributed by atoms with Crippen LogP contribution in [0.1, 0.15) is 5.56 Å². The third-order valence-electron chi connectivity index (χ3n) is 1.87. The van der Waals surface area contributed by atoms with Gasteiger partial charge in [0.2, 0.25) is 0 Å². The summed E-state index contributed by atoms with van der Waals surface area (Å²) >= 11 is 1.39. The minimum atomic E-state index is 0.508. The highest BCUT2D eigenvalue weighted by atomic mass is 32.2. The predicted molar refractivity (Wildman–Crippen MR) is 66.5 cm³/mol. The number of benzene rings is 1. The number of thioether (sulfide) groups is 1. The Balaban J connectivity index is 2.98. The van der Waals surface area contributed by atoms with Crippen LogP contribution < -0.4 is 5.32 Å². The number of nitrogens with zero attached hydrogens (tertiary/aromatic N) is 2. The molecule has 0 amide bonds. The standard InChI is InChI=1S/C11H13N3OS/c1-15-7-9-5-3-4-6-10(9)14-11(16-2)13-8-12/h3-6H,7H2,1-2H3,(H,13,14). The van der Waals surface area contributed by atoms with Crippen molar-refractivity contribution in [2.24, 2.45) is 4.99 Å². The third-order valence-corrected chi connectivity index (χ3v) is 2.45. The summed E-state index contributed by atoms with van der Waals surface area (Å²) in [7, 11) is 1.64. The Morgan fingerprint density at radius 1 is 1.56 bits per heavy atom. The maximum absolute atomic E-state index is 8.54. The Kier molecular flexibility index (Phi) is 5.40. The molecule has 0 saturated carbocycles. The highest BCUT2D eigenvalue weighted by Gasteiger charge is 2.02. The van der Waals surface area contributed by atoms with Crippen LogP contribution in [-0.2, 0) is 11.3 Å². The fourth-order valence-electron chi connectivity index (χ4n) is 1.18. The molecular formula is C11H13N3OS. The molecule has 0 spiro atoms. The predicted octanol–water partition coefficient (Wildman–Crippen LogP) is 2.25. The molecule has 0 bridgehead atoms. The van der Waals surface area contributed by atoms with Gasteiger partial charge >= 0.3 is 0 Å². The lowest BCUT2D eigenvalue weighted by Crippen LogP contribution is -2.12. The van der Waals surface area contributed by atoms with Crippen molar-refractivity contribution in [2.75, 3.05) is 13.4 Å². The zero-order valence-corrected chi connectivity index (χ0v) is 10.0. The number of nitriles is 1. The fourth-order valence-corrected chi connectivity index (χ4v) is 1.52. The first-order chi connectivity index (χ1) is 7.81. The van der Waals surface area contributed by atoms with E-state index in [2.05, 4.69) is 10.3 Å². The van der Waals surface area contributed by atoms with Crippen molar-refractivity contribution in [1.29, 1.82) is 5.26 Å². The molecule has 0 unspecified atom stereocenters. The van der Waals surface area contributed by atoms with E-state index in [4.69, 9.17) is 10.00 Å². The molecule has 0 aromatic heterocycles. The van der Waals surface area contributed by atoms with Crippen molar-refractivity contribution in [2.45, 2.75) is 6.61 Å². The average molecular weight is 235 g/mol. The van der Waals surface area contributed by atoms with Gasteiger partial charge in [0.1, 0.15) is 0 Å². The molecule has 0 saturated heterocycles. The average Bonchev–Trinajstić information content (AvgIpc) is 2.31. The first-order valence-electron chi connectivity index (χ1n) is 4.66. The summed E-state index contributed by atoms with van der Waals surface area (Å²) in [6.45, 7) is 0.508. The second-order valence-corrected chi connectivity index (χ2v) is 3.71. The van der Waals surface area contributed by atoms with E-state index in [1.165, 1.54) is 11.8 Å². The molecule has 1 N–H and O–H groups in total. The lowest BCUT2D eigenvalue weighted by molar-refractivity contribution is 0.185. The SMILES string of the molecule is COCc1ccccc1N=C(NC#N)SC. The van der Waals surface area contributed by atoms with Gasteiger partial charge in [-0.25, -0.2) is 4.99 Å². The smallest absolute Gasteiger partial charge is 0.183 e. The van der Waals surface area contributed by atoms with Gasteiger partial charge < -0.3 is 4.74 Å². The summed E-state index contributed by atoms with van der Waals surface area (Å²) in [6, 6.07) is 7.68. The van der Waals surface area contributed by atoms with Crippen LogP contribution in [0.2, 0.25) is 0 Å². The largest absolute Gasteiger partial charge is 0.380 e. The summed E-state index contributed by atoms with van der Waals surface area (Å²) in [5.41, 5.74) is 1.81. The van der Waals surface area contributed by atoms with Crippen molar-refractivity contribution >= 4 is 22.6 Å². The highest BCUT2D eigenvalue weighted by molar-refractivity contribution is 8.13. The summed E-state index contributed by atoms with van der Waals surface area (Å²) in [5, 5.41) is 11.6. The maximum atomic E-state index is 8.54. The number of amidine groups is 1. The molecule has 5 heteroatoms. The number of para-hydroxylation sites is 1. The first-order valence-corrected chi connectivity index (χ1v) is 5.89. The summed E-state index contributed by atoms with van der Waals surface area (Å²) in [5.74, 6) is 0. The third kappa shape index (κ3) is 3.57. The topological polar surface area (TPSA) is 57.4 Å². The molecule has 1 aromatic rings. The summed E-state index contributed by atoms with van der Waals surface area (Å²) < 4.78 is 5.08. The number of hydrogen-bond donors (Lipinski definition) is 1. The van der Waals surface area contributed by atoms with Crippen LogP contribution in [0.15, 0.2) is 29.3 Å². The van der Waals surface area contributed by atoms with E-state index < -0.39 is 0 Å². The van der Waals surface area contributed by atoms with Gasteiger partial charge in [-0.1, -0.05) is 30.0 Å². The number of aliphatic imine (C=N–C) groups is 1. The molecule has 84 valence electrons. The molecule has 1 aromatic carbocycles. The van der Waals surface area contributed by atoms with Gasteiger partial charge in [-0.15, -0.1) is 0 Å². The normalized spacial score (nSPS) is 10.9. The molecule has 16 heavy (non-hydrogen) atoms. The van der Waals surface area contributed by atoms with E-state index in [0.717, 1.165) is 11.3 Å². The second kappa shape index (κ2) is 6.88. The van der Waals surface area contributed by atoms with Gasteiger partial charge in [-0.3, -0.25) is 5.32 Å². The molecule has 0 radical (unpaired) electrons. The molecule has 4 nitrogen and oxygen atoms in total. The minimum absolute atomic E-state index is 0.508. The van der Waals surface area contributed by atoms with Crippen LogP contribution in [0.5, 0.6) is 0 Å². The number of hydrogen-bond acceptors (Lipinski definition) is 4. The van der Waals surface area contributed by atoms with Crippen LogP contribution in [-0.4, -0.2) is 18.5 Å². The van der Waals surface area contributed by atoms with Gasteiger partial charge in [0.25, 0.3) is 0 Å². The summed E-state index contributed by atoms with van der Waals surface area (Å²) in [4.78, 5) is 4.35. The van der Waals surface area contributed by atoms with Crippen molar-refractivity contribution in [3.05, 3.63) is 29.8 Å². The highest BCUT2D eigenvalue weighted by Crippen LogP contribution is 2.20. The van der Waals surface area contributed by atoms with Crippen molar-refractivity contribution in [3.8, 4) is 6.19 Å². The van der Waals surface area contributed by atoms with Crippen LogP contribution in [0.4, 0.5) is 5.69 Å². The Hall–Kier alpha value is -1.51. The van der Waals surface area contributed by atoms with E-state index in [-0.39, 0.29) is 0 Å². The molecule has 0 atom stereocenters. The molecule has 0 aliphatic carbocycles. The number of ether oxygens (including phenoxy) is 1. The van der Waals surface area contributed by atoms with Crippen molar-refractivity contribution < 1.29 is 4.74 Å². The van der Waals surface area contributed by atoms with Crippen LogP contribution in [0.25, 0.3) is 0 Å². The first kappa shape index (κ1) is 12.6. The second-order valence-electron chi connectivity index (χ2n) is 2.92. The van der Waals surface area contributed by atoms with E-state index in [0.29, 0.717) is 11.8 Å². The number of rotatable bonds is 3. The quantitative estimate of drug-likeness (QED) is 0.378. The zero-order valence-electron chi connectivity index (χ0n) is 9.23. The Bertz CT molecular complexity index is 412. The van der Waals surface area contributed by atoms with Gasteiger partial charge in [0.05, 0.1) is 12.3 Å². The monoisotopic (exact) mass is 235 g/mol. The summed E-state index contributed by atoms with van der Waals surface area (Å²) in [6.07, 6.45) is 3.72. The van der Waals surface area contributed by atoms with E-state index in [9.17, 15) is 0 Å². The van der Waals surface area contributed by atoms with Gasteiger partial charge in [-0.2, -0.15) is 5.26 Å². The van der Waals surface area contributed by atoms with Crippen LogP contribution in [0, 0.1) is 11.5 Å². The Morgan fingerprint density at radius 2 is 2.31 bits per heavy atom. The maximum Gasteiger partial charge on any atom is 0.183 e. The molecule has 1 rings (SSSR count). The van der Waals surface area contributed by atoms with Gasteiger partial charge in [0.15, 0.2) is 11.4 Å². The van der Waals surface area contributed by atoms with Crippen LogP contribution in [0.3, 0.4) is 0 Å². The number of methoxy groups -OCH3 is 1. The lowest BCUT2D eigenvalue weighted by Gasteiger charge is -2.05. The zero-order chi connectivity index (χ0) is 11.8. The van der Waals surface area contributed by atoms with Gasteiger partial charge in [0, 0.05) is 12.7 Å². The lowest BCUT2D eigenvalue weighted by atomic mass is 10.2. The molecule has 0 aliphatic heterocycles. The van der Waals surface area contributed by atoms with E-state index >= 15 is 0 Å². The fraction of sp³-hybridized carbons (Fsp3) is 0.273. The van der Waals surface area contributed by atoms with Crippen molar-refractivity contribution in [1.82, 2.24) is 5.32 Å². The van der Waals surface area contributed by atoms with E-state index in [1.54, 1.807) is 7.11 Å². The molecule has 0 heterocycles. The number of nitrogens with one attached hydrogen (secondary N) is 1. The molecular weight excluding hydrogens is 222 g/mol.